The van der Waals surface area contributed by atoms with E-state index < -0.39 is 0 Å². The maximum absolute atomic E-state index is 13.8. The summed E-state index contributed by atoms with van der Waals surface area (Å²) in [4.78, 5) is 4.80. The zero-order valence-electron chi connectivity index (χ0n) is 17.5. The molecule has 0 radical (unpaired) electrons. The van der Waals surface area contributed by atoms with Crippen molar-refractivity contribution in [2.45, 2.75) is 25.5 Å². The average Bonchev–Trinajstić information content (AvgIpc) is 2.78. The zero-order valence-corrected chi connectivity index (χ0v) is 17.5. The van der Waals surface area contributed by atoms with E-state index in [4.69, 9.17) is 14.2 Å². The molecule has 0 atom stereocenters. The minimum Gasteiger partial charge on any atom is -0.492 e. The van der Waals surface area contributed by atoms with E-state index in [1.807, 2.05) is 12.1 Å². The maximum atomic E-state index is 13.8. The second-order valence-corrected chi connectivity index (χ2v) is 7.97. The number of piperidine rings is 1. The highest BCUT2D eigenvalue weighted by Gasteiger charge is 2.21. The molecular weight excluding hydrogens is 383 g/mol. The summed E-state index contributed by atoms with van der Waals surface area (Å²) < 4.78 is 31.0. The molecule has 4 rings (SSSR count). The smallest absolute Gasteiger partial charge is 0.165 e. The second-order valence-electron chi connectivity index (χ2n) is 7.97. The van der Waals surface area contributed by atoms with Crippen molar-refractivity contribution in [1.82, 2.24) is 9.80 Å². The molecule has 162 valence electrons. The lowest BCUT2D eigenvalue weighted by molar-refractivity contribution is 0.0322. The highest BCUT2D eigenvalue weighted by Crippen LogP contribution is 2.23. The van der Waals surface area contributed by atoms with Crippen molar-refractivity contribution in [2.24, 2.45) is 0 Å². The Balaban J connectivity index is 1.20. The number of nitrogens with zero attached hydrogens (tertiary/aromatic N) is 2. The molecular formula is C24H31FN2O3. The Morgan fingerprint density at radius 3 is 2.53 bits per heavy atom. The first kappa shape index (κ1) is 21.1. The molecule has 2 heterocycles. The van der Waals surface area contributed by atoms with Crippen LogP contribution < -0.4 is 9.47 Å². The van der Waals surface area contributed by atoms with Crippen molar-refractivity contribution in [3.63, 3.8) is 0 Å². The van der Waals surface area contributed by atoms with Gasteiger partial charge in [-0.1, -0.05) is 24.3 Å². The van der Waals surface area contributed by atoms with Crippen LogP contribution in [0.1, 0.15) is 18.4 Å². The average molecular weight is 415 g/mol. The van der Waals surface area contributed by atoms with Crippen LogP contribution in [0, 0.1) is 5.82 Å². The third-order valence-corrected chi connectivity index (χ3v) is 5.75. The number of hydrogen-bond acceptors (Lipinski definition) is 5. The molecule has 2 aromatic carbocycles. The molecule has 0 N–H and O–H groups in total. The van der Waals surface area contributed by atoms with E-state index in [0.29, 0.717) is 12.4 Å². The van der Waals surface area contributed by atoms with Crippen LogP contribution in [0.4, 0.5) is 4.39 Å². The molecule has 0 bridgehead atoms. The number of morpholine rings is 1. The van der Waals surface area contributed by atoms with Crippen molar-refractivity contribution in [3.05, 3.63) is 59.9 Å². The van der Waals surface area contributed by atoms with E-state index in [9.17, 15) is 4.39 Å². The molecule has 0 aromatic heterocycles. The van der Waals surface area contributed by atoms with Crippen LogP contribution in [-0.4, -0.2) is 68.4 Å². The van der Waals surface area contributed by atoms with Gasteiger partial charge in [-0.25, -0.2) is 4.39 Å². The Kier molecular flexibility index (Phi) is 7.56. The van der Waals surface area contributed by atoms with E-state index in [-0.39, 0.29) is 11.9 Å². The number of ether oxygens (including phenoxy) is 3. The molecule has 2 aliphatic rings. The second kappa shape index (κ2) is 10.8. The van der Waals surface area contributed by atoms with Crippen molar-refractivity contribution < 1.29 is 18.6 Å². The Hall–Kier alpha value is -2.15. The molecule has 2 aliphatic heterocycles. The highest BCUT2D eigenvalue weighted by molar-refractivity contribution is 5.28. The van der Waals surface area contributed by atoms with Crippen molar-refractivity contribution >= 4 is 0 Å². The molecule has 0 aliphatic carbocycles. The predicted molar refractivity (Wildman–Crippen MR) is 115 cm³/mol. The first-order chi connectivity index (χ1) is 14.8. The van der Waals surface area contributed by atoms with Crippen LogP contribution in [0.2, 0.25) is 0 Å². The summed E-state index contributed by atoms with van der Waals surface area (Å²) >= 11 is 0. The van der Waals surface area contributed by atoms with E-state index in [1.54, 1.807) is 12.1 Å². The number of benzene rings is 2. The first-order valence-corrected chi connectivity index (χ1v) is 10.9. The number of likely N-dealkylation sites (tertiary alicyclic amines) is 1. The standard InChI is InChI=1S/C24H31FN2O3/c25-23-6-1-2-7-24(23)30-21-8-10-27(11-9-21)19-20-4-3-5-22(18-20)29-17-14-26-12-15-28-16-13-26/h1-7,18,21H,8-17,19H2. The quantitative estimate of drug-likeness (QED) is 0.660. The molecule has 0 unspecified atom stereocenters. The van der Waals surface area contributed by atoms with Gasteiger partial charge in [0.25, 0.3) is 0 Å². The molecule has 2 fully saturated rings. The lowest BCUT2D eigenvalue weighted by Crippen LogP contribution is -2.38. The first-order valence-electron chi connectivity index (χ1n) is 10.9. The minimum atomic E-state index is -0.287. The van der Waals surface area contributed by atoms with Gasteiger partial charge in [0.15, 0.2) is 11.6 Å². The van der Waals surface area contributed by atoms with Gasteiger partial charge in [-0.3, -0.25) is 9.80 Å². The molecule has 6 heteroatoms. The van der Waals surface area contributed by atoms with Crippen LogP contribution in [0.15, 0.2) is 48.5 Å². The summed E-state index contributed by atoms with van der Waals surface area (Å²) in [6.07, 6.45) is 1.89. The number of para-hydroxylation sites is 1. The monoisotopic (exact) mass is 414 g/mol. The van der Waals surface area contributed by atoms with E-state index in [2.05, 4.69) is 28.0 Å². The van der Waals surface area contributed by atoms with Gasteiger partial charge in [-0.2, -0.15) is 0 Å². The van der Waals surface area contributed by atoms with Crippen molar-refractivity contribution in [1.29, 1.82) is 0 Å². The van der Waals surface area contributed by atoms with Gasteiger partial charge in [0, 0.05) is 39.3 Å². The summed E-state index contributed by atoms with van der Waals surface area (Å²) in [5, 5.41) is 0. The van der Waals surface area contributed by atoms with Gasteiger partial charge in [0.1, 0.15) is 18.5 Å². The molecule has 30 heavy (non-hydrogen) atoms. The van der Waals surface area contributed by atoms with E-state index in [1.165, 1.54) is 11.6 Å². The largest absolute Gasteiger partial charge is 0.492 e. The Morgan fingerprint density at radius 2 is 1.73 bits per heavy atom. The van der Waals surface area contributed by atoms with E-state index in [0.717, 1.165) is 71.1 Å². The normalized spacial score (nSPS) is 19.0. The molecule has 2 saturated heterocycles. The number of halogens is 1. The predicted octanol–water partition coefficient (Wildman–Crippen LogP) is 3.58. The van der Waals surface area contributed by atoms with E-state index >= 15 is 0 Å². The lowest BCUT2D eigenvalue weighted by Gasteiger charge is -2.32. The Bertz CT molecular complexity index is 790. The Labute approximate surface area is 178 Å². The van der Waals surface area contributed by atoms with Crippen molar-refractivity contribution in [3.8, 4) is 11.5 Å². The minimum absolute atomic E-state index is 0.0769. The van der Waals surface area contributed by atoms with Gasteiger partial charge in [-0.15, -0.1) is 0 Å². The van der Waals surface area contributed by atoms with Gasteiger partial charge >= 0.3 is 0 Å². The highest BCUT2D eigenvalue weighted by atomic mass is 19.1. The topological polar surface area (TPSA) is 34.2 Å². The summed E-state index contributed by atoms with van der Waals surface area (Å²) in [7, 11) is 0. The van der Waals surface area contributed by atoms with Crippen molar-refractivity contribution in [2.75, 3.05) is 52.5 Å². The fourth-order valence-corrected chi connectivity index (χ4v) is 4.01. The van der Waals surface area contributed by atoms with Crippen LogP contribution in [0.25, 0.3) is 0 Å². The SMILES string of the molecule is Fc1ccccc1OC1CCN(Cc2cccc(OCCN3CCOCC3)c2)CC1. The number of hydrogen-bond donors (Lipinski definition) is 0. The zero-order chi connectivity index (χ0) is 20.6. The molecule has 2 aromatic rings. The van der Waals surface area contributed by atoms with Crippen LogP contribution in [0.5, 0.6) is 11.5 Å². The third-order valence-electron chi connectivity index (χ3n) is 5.75. The summed E-state index contributed by atoms with van der Waals surface area (Å²) in [5.41, 5.74) is 1.26. The molecule has 0 spiro atoms. The molecule has 0 amide bonds. The van der Waals surface area contributed by atoms with Crippen LogP contribution in [0.3, 0.4) is 0 Å². The summed E-state index contributed by atoms with van der Waals surface area (Å²) in [5.74, 6) is 1.00. The number of rotatable bonds is 8. The lowest BCUT2D eigenvalue weighted by atomic mass is 10.1. The van der Waals surface area contributed by atoms with Gasteiger partial charge in [0.05, 0.1) is 13.2 Å². The third kappa shape index (κ3) is 6.17. The van der Waals surface area contributed by atoms with Gasteiger partial charge in [0.2, 0.25) is 0 Å². The maximum Gasteiger partial charge on any atom is 0.165 e. The fraction of sp³-hybridized carbons (Fsp3) is 0.500. The molecule has 0 saturated carbocycles. The molecule has 5 nitrogen and oxygen atoms in total. The summed E-state index contributed by atoms with van der Waals surface area (Å²) in [6.45, 7) is 8.02. The van der Waals surface area contributed by atoms with Crippen LogP contribution in [-0.2, 0) is 11.3 Å². The van der Waals surface area contributed by atoms with Crippen LogP contribution >= 0.6 is 0 Å². The van der Waals surface area contributed by atoms with Gasteiger partial charge in [-0.05, 0) is 42.7 Å². The fourth-order valence-electron chi connectivity index (χ4n) is 4.01. The Morgan fingerprint density at radius 1 is 0.933 bits per heavy atom. The summed E-state index contributed by atoms with van der Waals surface area (Å²) in [6, 6.07) is 15.0. The van der Waals surface area contributed by atoms with Gasteiger partial charge < -0.3 is 14.2 Å².